The zero-order valence-corrected chi connectivity index (χ0v) is 15.9. The van der Waals surface area contributed by atoms with Gasteiger partial charge in [0.15, 0.2) is 0 Å². The molecule has 0 radical (unpaired) electrons. The van der Waals surface area contributed by atoms with Crippen molar-refractivity contribution in [3.63, 3.8) is 0 Å². The molecule has 144 valence electrons. The Morgan fingerprint density at radius 3 is 2.72 bits per heavy atom. The summed E-state index contributed by atoms with van der Waals surface area (Å²) >= 11 is 0. The van der Waals surface area contributed by atoms with Crippen LogP contribution in [0, 0.1) is 18.3 Å². The Morgan fingerprint density at radius 2 is 2.03 bits per heavy atom. The van der Waals surface area contributed by atoms with Crippen LogP contribution in [-0.2, 0) is 13.0 Å². The fourth-order valence-corrected chi connectivity index (χ4v) is 3.67. The molecule has 29 heavy (non-hydrogen) atoms. The summed E-state index contributed by atoms with van der Waals surface area (Å²) in [5.74, 6) is 0.264. The van der Waals surface area contributed by atoms with Gasteiger partial charge in [0.1, 0.15) is 23.2 Å². The van der Waals surface area contributed by atoms with E-state index in [1.807, 2.05) is 6.07 Å². The predicted molar refractivity (Wildman–Crippen MR) is 108 cm³/mol. The Balaban J connectivity index is 1.83. The number of carbonyl (C=O) groups is 1. The predicted octanol–water partition coefficient (Wildman–Crippen LogP) is 2.81. The topological polar surface area (TPSA) is 116 Å². The molecule has 1 aliphatic rings. The number of nitrogen functional groups attached to an aromatic ring is 1. The van der Waals surface area contributed by atoms with Crippen molar-refractivity contribution in [3.05, 3.63) is 70.7 Å². The standard InChI is InChI=1S/C22H19N5O2/c1-13-10-15(2-3-19(13)28)20-16(11-23)21(24)26-18-6-9-27(12-17(18)20)22(29)14-4-7-25-8-5-14/h2-5,7-8,10,28H,6,9,12H2,1H3,(H2,24,26). The van der Waals surface area contributed by atoms with Crippen molar-refractivity contribution in [3.8, 4) is 22.9 Å². The van der Waals surface area contributed by atoms with Crippen LogP contribution in [0.3, 0.4) is 0 Å². The van der Waals surface area contributed by atoms with Crippen LogP contribution in [0.2, 0.25) is 0 Å². The number of nitrogens with two attached hydrogens (primary N) is 1. The summed E-state index contributed by atoms with van der Waals surface area (Å²) in [6.45, 7) is 2.63. The lowest BCUT2D eigenvalue weighted by Gasteiger charge is -2.30. The van der Waals surface area contributed by atoms with Crippen LogP contribution in [0.5, 0.6) is 5.75 Å². The van der Waals surface area contributed by atoms with Gasteiger partial charge < -0.3 is 15.7 Å². The van der Waals surface area contributed by atoms with Crippen molar-refractivity contribution in [2.24, 2.45) is 0 Å². The third kappa shape index (κ3) is 3.25. The number of aryl methyl sites for hydroxylation is 1. The number of hydrogen-bond donors (Lipinski definition) is 2. The highest BCUT2D eigenvalue weighted by Crippen LogP contribution is 2.36. The molecule has 0 fully saturated rings. The van der Waals surface area contributed by atoms with E-state index in [1.54, 1.807) is 48.5 Å². The van der Waals surface area contributed by atoms with Crippen molar-refractivity contribution in [1.29, 1.82) is 5.26 Å². The first kappa shape index (κ1) is 18.4. The summed E-state index contributed by atoms with van der Waals surface area (Å²) in [5.41, 5.74) is 10.7. The molecule has 4 rings (SSSR count). The van der Waals surface area contributed by atoms with Crippen LogP contribution in [-0.4, -0.2) is 32.4 Å². The molecule has 0 atom stereocenters. The van der Waals surface area contributed by atoms with Gasteiger partial charge in [-0.1, -0.05) is 6.07 Å². The fraction of sp³-hybridized carbons (Fsp3) is 0.182. The highest BCUT2D eigenvalue weighted by Gasteiger charge is 2.28. The van der Waals surface area contributed by atoms with Crippen molar-refractivity contribution >= 4 is 11.7 Å². The van der Waals surface area contributed by atoms with Gasteiger partial charge in [0.2, 0.25) is 0 Å². The Hall–Kier alpha value is -3.92. The largest absolute Gasteiger partial charge is 0.508 e. The van der Waals surface area contributed by atoms with E-state index in [-0.39, 0.29) is 23.0 Å². The monoisotopic (exact) mass is 385 g/mol. The minimum atomic E-state index is -0.0961. The minimum absolute atomic E-state index is 0.0961. The van der Waals surface area contributed by atoms with Crippen LogP contribution >= 0.6 is 0 Å². The number of rotatable bonds is 2. The van der Waals surface area contributed by atoms with E-state index < -0.39 is 0 Å². The molecule has 1 aliphatic heterocycles. The van der Waals surface area contributed by atoms with Crippen LogP contribution in [0.25, 0.3) is 11.1 Å². The van der Waals surface area contributed by atoms with Crippen molar-refractivity contribution < 1.29 is 9.90 Å². The lowest BCUT2D eigenvalue weighted by molar-refractivity contribution is 0.0734. The second-order valence-corrected chi connectivity index (χ2v) is 7.00. The van der Waals surface area contributed by atoms with E-state index >= 15 is 0 Å². The number of nitriles is 1. The second kappa shape index (κ2) is 7.24. The van der Waals surface area contributed by atoms with E-state index in [4.69, 9.17) is 5.73 Å². The summed E-state index contributed by atoms with van der Waals surface area (Å²) < 4.78 is 0. The van der Waals surface area contributed by atoms with Gasteiger partial charge in [-0.15, -0.1) is 0 Å². The number of nitrogens with zero attached hydrogens (tertiary/aromatic N) is 4. The minimum Gasteiger partial charge on any atom is -0.508 e. The summed E-state index contributed by atoms with van der Waals surface area (Å²) in [6, 6.07) is 10.7. The molecule has 0 bridgehead atoms. The van der Waals surface area contributed by atoms with Crippen molar-refractivity contribution in [2.45, 2.75) is 19.9 Å². The highest BCUT2D eigenvalue weighted by atomic mass is 16.3. The molecule has 7 nitrogen and oxygen atoms in total. The first-order chi connectivity index (χ1) is 14.0. The number of pyridine rings is 2. The lowest BCUT2D eigenvalue weighted by atomic mass is 9.90. The maximum absolute atomic E-state index is 12.9. The molecule has 0 aliphatic carbocycles. The Morgan fingerprint density at radius 1 is 1.28 bits per heavy atom. The molecule has 3 aromatic rings. The zero-order valence-electron chi connectivity index (χ0n) is 15.9. The number of amides is 1. The third-order valence-corrected chi connectivity index (χ3v) is 5.19. The second-order valence-electron chi connectivity index (χ2n) is 7.00. The number of fused-ring (bicyclic) bond motifs is 1. The maximum atomic E-state index is 12.9. The molecule has 0 saturated carbocycles. The average Bonchev–Trinajstić information content (AvgIpc) is 2.74. The van der Waals surface area contributed by atoms with E-state index in [0.717, 1.165) is 16.8 Å². The fourth-order valence-electron chi connectivity index (χ4n) is 3.67. The molecule has 7 heteroatoms. The third-order valence-electron chi connectivity index (χ3n) is 5.19. The van der Waals surface area contributed by atoms with Crippen LogP contribution < -0.4 is 5.73 Å². The first-order valence-corrected chi connectivity index (χ1v) is 9.20. The van der Waals surface area contributed by atoms with E-state index in [0.29, 0.717) is 36.2 Å². The van der Waals surface area contributed by atoms with Gasteiger partial charge in [0.05, 0.1) is 5.69 Å². The molecule has 0 saturated heterocycles. The number of anilines is 1. The summed E-state index contributed by atoms with van der Waals surface area (Å²) in [5, 5.41) is 19.6. The Labute approximate surface area is 168 Å². The number of aromatic hydroxyl groups is 1. The Kier molecular flexibility index (Phi) is 4.61. The molecule has 3 N–H and O–H groups in total. The maximum Gasteiger partial charge on any atom is 0.254 e. The lowest BCUT2D eigenvalue weighted by Crippen LogP contribution is -2.37. The Bertz CT molecular complexity index is 1150. The number of phenolic OH excluding ortho intramolecular Hbond substituents is 1. The zero-order chi connectivity index (χ0) is 20.5. The average molecular weight is 385 g/mol. The van der Waals surface area contributed by atoms with Gasteiger partial charge in [-0.2, -0.15) is 5.26 Å². The highest BCUT2D eigenvalue weighted by molar-refractivity contribution is 5.94. The van der Waals surface area contributed by atoms with E-state index in [2.05, 4.69) is 16.0 Å². The van der Waals surface area contributed by atoms with Gasteiger partial charge in [-0.3, -0.25) is 9.78 Å². The molecule has 1 aromatic carbocycles. The normalized spacial score (nSPS) is 12.9. The van der Waals surface area contributed by atoms with Crippen molar-refractivity contribution in [1.82, 2.24) is 14.9 Å². The quantitative estimate of drug-likeness (QED) is 0.701. The van der Waals surface area contributed by atoms with Gasteiger partial charge in [-0.25, -0.2) is 4.98 Å². The molecular weight excluding hydrogens is 366 g/mol. The molecule has 0 unspecified atom stereocenters. The number of carbonyl (C=O) groups excluding carboxylic acids is 1. The number of phenols is 1. The van der Waals surface area contributed by atoms with E-state index in [1.165, 1.54) is 0 Å². The molecule has 3 heterocycles. The summed E-state index contributed by atoms with van der Waals surface area (Å²) in [4.78, 5) is 23.1. The number of hydrogen-bond acceptors (Lipinski definition) is 6. The SMILES string of the molecule is Cc1cc(-c2c(C#N)c(N)nc3c2CN(C(=O)c2ccncc2)CC3)ccc1O. The van der Waals surface area contributed by atoms with Crippen LogP contribution in [0.4, 0.5) is 5.82 Å². The van der Waals surface area contributed by atoms with E-state index in [9.17, 15) is 15.2 Å². The van der Waals surface area contributed by atoms with Crippen molar-refractivity contribution in [2.75, 3.05) is 12.3 Å². The summed E-state index contributed by atoms with van der Waals surface area (Å²) in [6.07, 6.45) is 3.73. The van der Waals surface area contributed by atoms with Gasteiger partial charge in [0, 0.05) is 48.6 Å². The smallest absolute Gasteiger partial charge is 0.254 e. The van der Waals surface area contributed by atoms with Crippen LogP contribution in [0.1, 0.15) is 32.7 Å². The van der Waals surface area contributed by atoms with Gasteiger partial charge in [0.25, 0.3) is 5.91 Å². The van der Waals surface area contributed by atoms with Crippen LogP contribution in [0.15, 0.2) is 42.7 Å². The molecule has 0 spiro atoms. The number of aromatic nitrogens is 2. The first-order valence-electron chi connectivity index (χ1n) is 9.20. The molecular formula is C22H19N5O2. The summed E-state index contributed by atoms with van der Waals surface area (Å²) in [7, 11) is 0. The molecule has 1 amide bonds. The number of benzene rings is 1. The van der Waals surface area contributed by atoms with Gasteiger partial charge in [-0.05, 0) is 42.3 Å². The molecule has 2 aromatic heterocycles. The van der Waals surface area contributed by atoms with Gasteiger partial charge >= 0.3 is 0 Å².